The molecule has 1 aliphatic heterocycles. The summed E-state index contributed by atoms with van der Waals surface area (Å²) in [6, 6.07) is 4.46. The lowest BCUT2D eigenvalue weighted by Crippen LogP contribution is -2.46. The average molecular weight is 276 g/mol. The lowest BCUT2D eigenvalue weighted by Gasteiger charge is -2.38. The molecule has 0 aromatic carbocycles. The molecule has 3 nitrogen and oxygen atoms in total. The Hall–Kier alpha value is -1.34. The summed E-state index contributed by atoms with van der Waals surface area (Å²) in [5.74, 6) is 0.00403. The highest BCUT2D eigenvalue weighted by molar-refractivity contribution is 7.10. The molecule has 0 fully saturated rings. The molecule has 102 valence electrons. The molecule has 1 amide bonds. The number of hydrogen-bond acceptors (Lipinski definition) is 3. The van der Waals surface area contributed by atoms with Crippen LogP contribution in [0, 0.1) is 16.7 Å². The largest absolute Gasteiger partial charge is 0.334 e. The van der Waals surface area contributed by atoms with E-state index in [0.29, 0.717) is 12.8 Å². The van der Waals surface area contributed by atoms with Gasteiger partial charge in [0.1, 0.15) is 5.41 Å². The number of carbonyl (C=O) groups excluding carboxylic acids is 1. The third kappa shape index (κ3) is 2.17. The molecule has 0 aliphatic carbocycles. The van der Waals surface area contributed by atoms with Gasteiger partial charge >= 0.3 is 0 Å². The number of amides is 1. The lowest BCUT2D eigenvalue weighted by molar-refractivity contribution is -0.142. The topological polar surface area (TPSA) is 44.1 Å². The summed E-state index contributed by atoms with van der Waals surface area (Å²) in [6.45, 7) is 6.65. The van der Waals surface area contributed by atoms with E-state index in [-0.39, 0.29) is 11.9 Å². The molecule has 4 heteroatoms. The van der Waals surface area contributed by atoms with E-state index in [2.05, 4.69) is 24.4 Å². The number of fused-ring (bicyclic) bond motifs is 1. The standard InChI is InChI=1S/C15H20N2OS/c1-4-15(5-2,10-16)14(18)17-8-6-13-12(11(17)3)7-9-19-13/h7,9,11H,4-6,8H2,1-3H3. The van der Waals surface area contributed by atoms with Crippen LogP contribution in [-0.2, 0) is 11.2 Å². The summed E-state index contributed by atoms with van der Waals surface area (Å²) < 4.78 is 0. The van der Waals surface area contributed by atoms with Gasteiger partial charge in [0.25, 0.3) is 0 Å². The predicted molar refractivity (Wildman–Crippen MR) is 76.8 cm³/mol. The maximum Gasteiger partial charge on any atom is 0.243 e. The van der Waals surface area contributed by atoms with Crippen molar-refractivity contribution in [2.75, 3.05) is 6.54 Å². The molecular weight excluding hydrogens is 256 g/mol. The van der Waals surface area contributed by atoms with Crippen molar-refractivity contribution in [3.05, 3.63) is 21.9 Å². The number of thiophene rings is 1. The molecule has 0 spiro atoms. The van der Waals surface area contributed by atoms with Crippen molar-refractivity contribution in [1.82, 2.24) is 4.90 Å². The van der Waals surface area contributed by atoms with Crippen molar-refractivity contribution < 1.29 is 4.79 Å². The highest BCUT2D eigenvalue weighted by Crippen LogP contribution is 2.37. The Labute approximate surface area is 118 Å². The first-order valence-electron chi connectivity index (χ1n) is 6.88. The summed E-state index contributed by atoms with van der Waals surface area (Å²) in [5, 5.41) is 11.5. The van der Waals surface area contributed by atoms with Crippen LogP contribution in [0.25, 0.3) is 0 Å². The first kappa shape index (κ1) is 14.1. The maximum atomic E-state index is 12.8. The van der Waals surface area contributed by atoms with E-state index >= 15 is 0 Å². The normalized spacial score (nSPS) is 18.8. The number of nitrogens with zero attached hydrogens (tertiary/aromatic N) is 2. The fourth-order valence-corrected chi connectivity index (χ4v) is 3.78. The highest BCUT2D eigenvalue weighted by Gasteiger charge is 2.41. The molecule has 2 rings (SSSR count). The second-order valence-corrected chi connectivity index (χ2v) is 6.13. The van der Waals surface area contributed by atoms with E-state index in [1.165, 1.54) is 10.4 Å². The molecule has 0 N–H and O–H groups in total. The fraction of sp³-hybridized carbons (Fsp3) is 0.600. The zero-order valence-corrected chi connectivity index (χ0v) is 12.6. The molecule has 0 saturated heterocycles. The molecule has 2 heterocycles. The Kier molecular flexibility index (Phi) is 3.96. The number of hydrogen-bond donors (Lipinski definition) is 0. The van der Waals surface area contributed by atoms with Crippen molar-refractivity contribution in [1.29, 1.82) is 5.26 Å². The highest BCUT2D eigenvalue weighted by atomic mass is 32.1. The van der Waals surface area contributed by atoms with Crippen LogP contribution in [-0.4, -0.2) is 17.4 Å². The molecule has 1 atom stereocenters. The summed E-state index contributed by atoms with van der Waals surface area (Å²) >= 11 is 1.76. The molecule has 0 saturated carbocycles. The summed E-state index contributed by atoms with van der Waals surface area (Å²) in [4.78, 5) is 16.0. The second kappa shape index (κ2) is 5.34. The van der Waals surface area contributed by atoms with Crippen LogP contribution in [0.1, 0.15) is 50.1 Å². The van der Waals surface area contributed by atoms with Gasteiger partial charge in [-0.25, -0.2) is 0 Å². The number of rotatable bonds is 3. The van der Waals surface area contributed by atoms with Gasteiger partial charge in [-0.1, -0.05) is 13.8 Å². The Morgan fingerprint density at radius 3 is 2.84 bits per heavy atom. The third-order valence-corrected chi connectivity index (χ3v) is 5.37. The fourth-order valence-electron chi connectivity index (χ4n) is 2.82. The zero-order chi connectivity index (χ0) is 14.0. The smallest absolute Gasteiger partial charge is 0.243 e. The lowest BCUT2D eigenvalue weighted by atomic mass is 9.81. The van der Waals surface area contributed by atoms with E-state index < -0.39 is 5.41 Å². The second-order valence-electron chi connectivity index (χ2n) is 5.12. The Morgan fingerprint density at radius 1 is 1.58 bits per heavy atom. The minimum atomic E-state index is -0.845. The summed E-state index contributed by atoms with van der Waals surface area (Å²) in [6.07, 6.45) is 2.08. The van der Waals surface area contributed by atoms with Gasteiger partial charge in [-0.3, -0.25) is 4.79 Å². The van der Waals surface area contributed by atoms with Gasteiger partial charge in [-0.15, -0.1) is 11.3 Å². The Balaban J connectivity index is 2.29. The SMILES string of the molecule is CCC(C#N)(CC)C(=O)N1CCc2sccc2C1C. The van der Waals surface area contributed by atoms with Gasteiger partial charge < -0.3 is 4.90 Å². The van der Waals surface area contributed by atoms with E-state index in [0.717, 1.165) is 13.0 Å². The van der Waals surface area contributed by atoms with Crippen molar-refractivity contribution in [2.24, 2.45) is 5.41 Å². The molecule has 1 aliphatic rings. The van der Waals surface area contributed by atoms with E-state index in [9.17, 15) is 10.1 Å². The first-order valence-corrected chi connectivity index (χ1v) is 7.76. The predicted octanol–water partition coefficient (Wildman–Crippen LogP) is 3.52. The Bertz CT molecular complexity index is 510. The van der Waals surface area contributed by atoms with E-state index in [4.69, 9.17) is 0 Å². The number of nitriles is 1. The van der Waals surface area contributed by atoms with Gasteiger partial charge in [0.15, 0.2) is 0 Å². The summed E-state index contributed by atoms with van der Waals surface area (Å²) in [5.41, 5.74) is 0.408. The van der Waals surface area contributed by atoms with Crippen LogP contribution in [0.5, 0.6) is 0 Å². The van der Waals surface area contributed by atoms with Crippen LogP contribution < -0.4 is 0 Å². The van der Waals surface area contributed by atoms with Crippen LogP contribution in [0.2, 0.25) is 0 Å². The van der Waals surface area contributed by atoms with Gasteiger partial charge in [-0.05, 0) is 43.2 Å². The van der Waals surface area contributed by atoms with Crippen LogP contribution >= 0.6 is 11.3 Å². The minimum absolute atomic E-state index is 0.00403. The van der Waals surface area contributed by atoms with Crippen LogP contribution in [0.4, 0.5) is 0 Å². The van der Waals surface area contributed by atoms with Crippen molar-refractivity contribution in [2.45, 2.75) is 46.1 Å². The monoisotopic (exact) mass is 276 g/mol. The summed E-state index contributed by atoms with van der Waals surface area (Å²) in [7, 11) is 0. The number of carbonyl (C=O) groups is 1. The molecule has 0 radical (unpaired) electrons. The first-order chi connectivity index (χ1) is 9.09. The van der Waals surface area contributed by atoms with Crippen molar-refractivity contribution in [3.63, 3.8) is 0 Å². The van der Waals surface area contributed by atoms with Gasteiger partial charge in [0, 0.05) is 11.4 Å². The van der Waals surface area contributed by atoms with Crippen LogP contribution in [0.3, 0.4) is 0 Å². The maximum absolute atomic E-state index is 12.8. The quantitative estimate of drug-likeness (QED) is 0.847. The molecule has 1 aromatic heterocycles. The average Bonchev–Trinajstić information content (AvgIpc) is 2.91. The molecule has 1 aromatic rings. The van der Waals surface area contributed by atoms with Crippen molar-refractivity contribution in [3.8, 4) is 6.07 Å². The molecule has 1 unspecified atom stereocenters. The van der Waals surface area contributed by atoms with E-state index in [1.807, 2.05) is 18.7 Å². The molecule has 19 heavy (non-hydrogen) atoms. The minimum Gasteiger partial charge on any atom is -0.334 e. The van der Waals surface area contributed by atoms with Crippen molar-refractivity contribution >= 4 is 17.2 Å². The third-order valence-electron chi connectivity index (χ3n) is 4.37. The van der Waals surface area contributed by atoms with E-state index in [1.54, 1.807) is 11.3 Å². The van der Waals surface area contributed by atoms with Gasteiger partial charge in [0.2, 0.25) is 5.91 Å². The van der Waals surface area contributed by atoms with Gasteiger partial charge in [-0.2, -0.15) is 5.26 Å². The van der Waals surface area contributed by atoms with Crippen LogP contribution in [0.15, 0.2) is 11.4 Å². The molecule has 0 bridgehead atoms. The molecular formula is C15H20N2OS. The Morgan fingerprint density at radius 2 is 2.26 bits per heavy atom. The van der Waals surface area contributed by atoms with Gasteiger partial charge in [0.05, 0.1) is 12.1 Å². The zero-order valence-electron chi connectivity index (χ0n) is 11.8.